The summed E-state index contributed by atoms with van der Waals surface area (Å²) in [6.07, 6.45) is 4.51. The summed E-state index contributed by atoms with van der Waals surface area (Å²) < 4.78 is 5.68. The molecule has 0 bridgehead atoms. The first-order valence-electron chi connectivity index (χ1n) is 7.80. The third-order valence-corrected chi connectivity index (χ3v) is 4.24. The molecule has 1 unspecified atom stereocenters. The quantitative estimate of drug-likeness (QED) is 0.820. The Bertz CT molecular complexity index is 578. The lowest BCUT2D eigenvalue weighted by molar-refractivity contribution is -0.145. The zero-order valence-corrected chi connectivity index (χ0v) is 12.6. The molecule has 0 N–H and O–H groups in total. The van der Waals surface area contributed by atoms with Gasteiger partial charge in [0.25, 0.3) is 5.91 Å². The average molecular weight is 300 g/mol. The Kier molecular flexibility index (Phi) is 4.54. The maximum absolute atomic E-state index is 12.6. The average Bonchev–Trinajstić information content (AvgIpc) is 2.62. The van der Waals surface area contributed by atoms with E-state index in [1.165, 1.54) is 6.42 Å². The summed E-state index contributed by atoms with van der Waals surface area (Å²) in [5.41, 5.74) is 1.18. The number of nitriles is 1. The number of anilines is 1. The predicted molar refractivity (Wildman–Crippen MR) is 81.3 cm³/mol. The number of piperidine rings is 1. The van der Waals surface area contributed by atoms with Crippen molar-refractivity contribution in [3.05, 3.63) is 24.0 Å². The maximum atomic E-state index is 12.6. The molecule has 1 amide bonds. The Labute approximate surface area is 130 Å². The first-order chi connectivity index (χ1) is 10.8. The van der Waals surface area contributed by atoms with Gasteiger partial charge in [0.05, 0.1) is 18.8 Å². The van der Waals surface area contributed by atoms with Crippen molar-refractivity contribution in [1.29, 1.82) is 5.26 Å². The third-order valence-electron chi connectivity index (χ3n) is 4.24. The summed E-state index contributed by atoms with van der Waals surface area (Å²) in [4.78, 5) is 20.6. The lowest BCUT2D eigenvalue weighted by atomic mass is 10.1. The largest absolute Gasteiger partial charge is 0.365 e. The van der Waals surface area contributed by atoms with E-state index in [4.69, 9.17) is 4.74 Å². The number of hydrogen-bond acceptors (Lipinski definition) is 5. The summed E-state index contributed by atoms with van der Waals surface area (Å²) >= 11 is 0. The fourth-order valence-electron chi connectivity index (χ4n) is 3.07. The van der Waals surface area contributed by atoms with Crippen molar-refractivity contribution in [2.75, 3.05) is 37.7 Å². The molecular formula is C16H20N4O2. The molecule has 1 aromatic rings. The molecule has 6 heteroatoms. The normalized spacial score (nSPS) is 22.2. The third kappa shape index (κ3) is 3.04. The lowest BCUT2D eigenvalue weighted by Gasteiger charge is -2.37. The van der Waals surface area contributed by atoms with Crippen LogP contribution in [-0.4, -0.2) is 54.7 Å². The summed E-state index contributed by atoms with van der Waals surface area (Å²) in [5.74, 6) is 0.0757. The predicted octanol–water partition coefficient (Wildman–Crippen LogP) is 1.17. The van der Waals surface area contributed by atoms with Crippen LogP contribution in [0.4, 0.5) is 5.69 Å². The van der Waals surface area contributed by atoms with Crippen molar-refractivity contribution >= 4 is 11.6 Å². The van der Waals surface area contributed by atoms with Gasteiger partial charge in [-0.15, -0.1) is 0 Å². The highest BCUT2D eigenvalue weighted by atomic mass is 16.5. The van der Waals surface area contributed by atoms with Gasteiger partial charge in [0.2, 0.25) is 0 Å². The van der Waals surface area contributed by atoms with Crippen LogP contribution in [0.3, 0.4) is 0 Å². The lowest BCUT2D eigenvalue weighted by Crippen LogP contribution is -2.52. The second kappa shape index (κ2) is 6.75. The van der Waals surface area contributed by atoms with Crippen LogP contribution in [-0.2, 0) is 9.53 Å². The minimum absolute atomic E-state index is 0.0757. The number of nitrogens with zero attached hydrogens (tertiary/aromatic N) is 4. The number of carbonyl (C=O) groups excluding carboxylic acids is 1. The first-order valence-corrected chi connectivity index (χ1v) is 7.80. The molecule has 0 aliphatic carbocycles. The van der Waals surface area contributed by atoms with Crippen LogP contribution >= 0.6 is 0 Å². The van der Waals surface area contributed by atoms with Gasteiger partial charge in [0.15, 0.2) is 11.8 Å². The number of amides is 1. The Hall–Kier alpha value is -2.13. The van der Waals surface area contributed by atoms with E-state index < -0.39 is 6.10 Å². The molecule has 116 valence electrons. The molecule has 0 spiro atoms. The number of morpholine rings is 1. The zero-order valence-electron chi connectivity index (χ0n) is 12.6. The van der Waals surface area contributed by atoms with Gasteiger partial charge in [-0.1, -0.05) is 0 Å². The van der Waals surface area contributed by atoms with E-state index in [-0.39, 0.29) is 5.91 Å². The highest BCUT2D eigenvalue weighted by Gasteiger charge is 2.31. The number of likely N-dealkylation sites (tertiary alicyclic amines) is 1. The van der Waals surface area contributed by atoms with Gasteiger partial charge in [-0.2, -0.15) is 5.26 Å². The molecule has 1 aromatic heterocycles. The van der Waals surface area contributed by atoms with E-state index in [0.717, 1.165) is 31.6 Å². The van der Waals surface area contributed by atoms with E-state index in [1.54, 1.807) is 6.20 Å². The van der Waals surface area contributed by atoms with Crippen LogP contribution in [0.25, 0.3) is 0 Å². The highest BCUT2D eigenvalue weighted by molar-refractivity contribution is 5.82. The molecule has 2 saturated heterocycles. The van der Waals surface area contributed by atoms with Gasteiger partial charge in [-0.05, 0) is 31.4 Å². The van der Waals surface area contributed by atoms with Crippen molar-refractivity contribution in [3.8, 4) is 6.07 Å². The molecule has 6 nitrogen and oxygen atoms in total. The van der Waals surface area contributed by atoms with Gasteiger partial charge >= 0.3 is 0 Å². The fraction of sp³-hybridized carbons (Fsp3) is 0.562. The first kappa shape index (κ1) is 14.8. The number of rotatable bonds is 2. The maximum Gasteiger partial charge on any atom is 0.253 e. The SMILES string of the molecule is N#Cc1ncccc1N1CCOC(C(=O)N2CCCCC2)C1. The summed E-state index contributed by atoms with van der Waals surface area (Å²) in [6, 6.07) is 5.80. The van der Waals surface area contributed by atoms with E-state index in [0.29, 0.717) is 25.4 Å². The van der Waals surface area contributed by atoms with Crippen LogP contribution in [0.1, 0.15) is 25.0 Å². The smallest absolute Gasteiger partial charge is 0.253 e. The fourth-order valence-corrected chi connectivity index (χ4v) is 3.07. The summed E-state index contributed by atoms with van der Waals surface area (Å²) in [5, 5.41) is 9.18. The van der Waals surface area contributed by atoms with Crippen LogP contribution < -0.4 is 4.90 Å². The number of ether oxygens (including phenoxy) is 1. The van der Waals surface area contributed by atoms with Crippen molar-refractivity contribution in [3.63, 3.8) is 0 Å². The second-order valence-corrected chi connectivity index (χ2v) is 5.67. The Morgan fingerprint density at radius 2 is 2.14 bits per heavy atom. The highest BCUT2D eigenvalue weighted by Crippen LogP contribution is 2.21. The van der Waals surface area contributed by atoms with Crippen molar-refractivity contribution < 1.29 is 9.53 Å². The van der Waals surface area contributed by atoms with E-state index in [9.17, 15) is 10.1 Å². The standard InChI is InChI=1S/C16H20N4O2/c17-11-13-14(5-4-6-18-13)20-9-10-22-15(12-20)16(21)19-7-2-1-3-8-19/h4-6,15H,1-3,7-10,12H2. The molecule has 2 fully saturated rings. The molecule has 0 saturated carbocycles. The van der Waals surface area contributed by atoms with Gasteiger partial charge in [0, 0.05) is 25.8 Å². The van der Waals surface area contributed by atoms with Crippen LogP contribution in [0.2, 0.25) is 0 Å². The monoisotopic (exact) mass is 300 g/mol. The molecule has 0 aromatic carbocycles. The van der Waals surface area contributed by atoms with Crippen LogP contribution in [0, 0.1) is 11.3 Å². The van der Waals surface area contributed by atoms with E-state index in [2.05, 4.69) is 11.1 Å². The Morgan fingerprint density at radius 1 is 1.32 bits per heavy atom. The number of pyridine rings is 1. The molecule has 3 rings (SSSR count). The van der Waals surface area contributed by atoms with E-state index >= 15 is 0 Å². The zero-order chi connectivity index (χ0) is 15.4. The van der Waals surface area contributed by atoms with Gasteiger partial charge in [0.1, 0.15) is 6.07 Å². The Balaban J connectivity index is 1.71. The molecule has 1 atom stereocenters. The second-order valence-electron chi connectivity index (χ2n) is 5.67. The summed E-state index contributed by atoms with van der Waals surface area (Å²) in [7, 11) is 0. The van der Waals surface area contributed by atoms with Crippen molar-refractivity contribution in [2.24, 2.45) is 0 Å². The number of aromatic nitrogens is 1. The van der Waals surface area contributed by atoms with Gasteiger partial charge in [-0.25, -0.2) is 4.98 Å². The van der Waals surface area contributed by atoms with Crippen molar-refractivity contribution in [1.82, 2.24) is 9.88 Å². The number of hydrogen-bond donors (Lipinski definition) is 0. The molecule has 2 aliphatic heterocycles. The van der Waals surface area contributed by atoms with Crippen molar-refractivity contribution in [2.45, 2.75) is 25.4 Å². The van der Waals surface area contributed by atoms with Gasteiger partial charge in [-0.3, -0.25) is 4.79 Å². The minimum atomic E-state index is -0.446. The molecule has 22 heavy (non-hydrogen) atoms. The molecule has 3 heterocycles. The van der Waals surface area contributed by atoms with E-state index in [1.807, 2.05) is 21.9 Å². The van der Waals surface area contributed by atoms with Crippen LogP contribution in [0.15, 0.2) is 18.3 Å². The number of carbonyl (C=O) groups is 1. The topological polar surface area (TPSA) is 69.5 Å². The minimum Gasteiger partial charge on any atom is -0.365 e. The summed E-state index contributed by atoms with van der Waals surface area (Å²) in [6.45, 7) is 3.30. The van der Waals surface area contributed by atoms with Gasteiger partial charge < -0.3 is 14.5 Å². The molecule has 0 radical (unpaired) electrons. The molecular weight excluding hydrogens is 280 g/mol. The Morgan fingerprint density at radius 3 is 2.91 bits per heavy atom. The molecule has 2 aliphatic rings. The van der Waals surface area contributed by atoms with Crippen LogP contribution in [0.5, 0.6) is 0 Å².